The smallest absolute Gasteiger partial charge is 0.334 e. The number of hydrogen-bond acceptors (Lipinski definition) is 5. The summed E-state index contributed by atoms with van der Waals surface area (Å²) >= 11 is 0. The van der Waals surface area contributed by atoms with Crippen LogP contribution in [-0.4, -0.2) is 33.1 Å². The lowest BCUT2D eigenvalue weighted by Crippen LogP contribution is -2.20. The van der Waals surface area contributed by atoms with Gasteiger partial charge in [-0.25, -0.2) is 4.79 Å². The van der Waals surface area contributed by atoms with Gasteiger partial charge in [0, 0.05) is 23.5 Å². The highest BCUT2D eigenvalue weighted by atomic mass is 16.5. The lowest BCUT2D eigenvalue weighted by atomic mass is 9.81. The Labute approximate surface area is 123 Å². The average molecular weight is 290 g/mol. The van der Waals surface area contributed by atoms with E-state index < -0.39 is 5.97 Å². The zero-order chi connectivity index (χ0) is 15.4. The molecule has 1 aromatic carbocycles. The number of ketones is 1. The molecule has 0 saturated heterocycles. The van der Waals surface area contributed by atoms with Crippen LogP contribution in [0.25, 0.3) is 0 Å². The van der Waals surface area contributed by atoms with Gasteiger partial charge >= 0.3 is 5.97 Å². The first-order chi connectivity index (χ1) is 10.1. The van der Waals surface area contributed by atoms with Crippen LogP contribution in [-0.2, 0) is 14.3 Å². The minimum absolute atomic E-state index is 0.0616. The van der Waals surface area contributed by atoms with Gasteiger partial charge in [-0.1, -0.05) is 12.1 Å². The topological polar surface area (TPSA) is 61.8 Å². The van der Waals surface area contributed by atoms with Crippen LogP contribution in [0.15, 0.2) is 29.8 Å². The highest BCUT2D eigenvalue weighted by Gasteiger charge is 2.31. The van der Waals surface area contributed by atoms with E-state index in [-0.39, 0.29) is 11.7 Å². The van der Waals surface area contributed by atoms with Crippen LogP contribution >= 0.6 is 0 Å². The van der Waals surface area contributed by atoms with Gasteiger partial charge in [-0.3, -0.25) is 4.79 Å². The van der Waals surface area contributed by atoms with Gasteiger partial charge in [-0.2, -0.15) is 0 Å². The largest absolute Gasteiger partial charge is 0.493 e. The molecule has 5 heteroatoms. The summed E-state index contributed by atoms with van der Waals surface area (Å²) in [6, 6.07) is 5.50. The van der Waals surface area contributed by atoms with E-state index in [0.717, 1.165) is 5.56 Å². The molecule has 1 aliphatic rings. The predicted octanol–water partition coefficient (Wildman–Crippen LogP) is 2.25. The Kier molecular flexibility index (Phi) is 4.62. The van der Waals surface area contributed by atoms with E-state index in [1.54, 1.807) is 20.3 Å². The molecule has 0 aliphatic heterocycles. The van der Waals surface area contributed by atoms with Crippen molar-refractivity contribution in [1.29, 1.82) is 0 Å². The number of hydrogen-bond donors (Lipinski definition) is 0. The Morgan fingerprint density at radius 1 is 1.19 bits per heavy atom. The maximum absolute atomic E-state index is 11.9. The predicted molar refractivity (Wildman–Crippen MR) is 76.6 cm³/mol. The minimum Gasteiger partial charge on any atom is -0.493 e. The fourth-order valence-electron chi connectivity index (χ4n) is 2.62. The van der Waals surface area contributed by atoms with Gasteiger partial charge in [0.1, 0.15) is 0 Å². The van der Waals surface area contributed by atoms with Crippen LogP contribution in [0.1, 0.15) is 24.3 Å². The van der Waals surface area contributed by atoms with Gasteiger partial charge in [0.25, 0.3) is 0 Å². The lowest BCUT2D eigenvalue weighted by Gasteiger charge is -2.24. The quantitative estimate of drug-likeness (QED) is 0.796. The first-order valence-electron chi connectivity index (χ1n) is 6.66. The van der Waals surface area contributed by atoms with Crippen LogP contribution < -0.4 is 9.47 Å². The van der Waals surface area contributed by atoms with E-state index in [4.69, 9.17) is 14.2 Å². The van der Waals surface area contributed by atoms with Gasteiger partial charge in [0.05, 0.1) is 21.3 Å². The van der Waals surface area contributed by atoms with E-state index in [1.165, 1.54) is 13.2 Å². The van der Waals surface area contributed by atoms with E-state index >= 15 is 0 Å². The van der Waals surface area contributed by atoms with Crippen LogP contribution in [0.4, 0.5) is 0 Å². The highest BCUT2D eigenvalue weighted by Crippen LogP contribution is 2.42. The summed E-state index contributed by atoms with van der Waals surface area (Å²) < 4.78 is 15.5. The van der Waals surface area contributed by atoms with Crippen molar-refractivity contribution in [2.24, 2.45) is 0 Å². The zero-order valence-corrected chi connectivity index (χ0v) is 12.3. The molecule has 0 bridgehead atoms. The number of carbonyl (C=O) groups excluding carboxylic acids is 2. The molecule has 0 N–H and O–H groups in total. The molecule has 1 aromatic rings. The number of carbonyl (C=O) groups is 2. The Morgan fingerprint density at radius 3 is 2.57 bits per heavy atom. The second kappa shape index (κ2) is 6.43. The van der Waals surface area contributed by atoms with Crippen molar-refractivity contribution in [3.8, 4) is 11.5 Å². The van der Waals surface area contributed by atoms with Crippen LogP contribution in [0.2, 0.25) is 0 Å². The average Bonchev–Trinajstić information content (AvgIpc) is 2.53. The molecule has 1 aliphatic carbocycles. The van der Waals surface area contributed by atoms with Gasteiger partial charge in [-0.05, 0) is 18.6 Å². The van der Waals surface area contributed by atoms with Crippen molar-refractivity contribution in [3.05, 3.63) is 35.4 Å². The van der Waals surface area contributed by atoms with E-state index in [9.17, 15) is 9.59 Å². The molecule has 2 rings (SSSR count). The fourth-order valence-corrected chi connectivity index (χ4v) is 2.62. The normalized spacial score (nSPS) is 18.0. The van der Waals surface area contributed by atoms with Crippen molar-refractivity contribution in [3.63, 3.8) is 0 Å². The van der Waals surface area contributed by atoms with Crippen molar-refractivity contribution in [2.45, 2.75) is 18.8 Å². The number of para-hydroxylation sites is 1. The summed E-state index contributed by atoms with van der Waals surface area (Å²) in [7, 11) is 4.42. The van der Waals surface area contributed by atoms with Gasteiger partial charge in [0.15, 0.2) is 17.3 Å². The third-order valence-corrected chi connectivity index (χ3v) is 3.60. The second-order valence-corrected chi connectivity index (χ2v) is 4.73. The van der Waals surface area contributed by atoms with E-state index in [1.807, 2.05) is 12.1 Å². The van der Waals surface area contributed by atoms with Crippen LogP contribution in [0.3, 0.4) is 0 Å². The number of benzene rings is 1. The summed E-state index contributed by atoms with van der Waals surface area (Å²) in [6.07, 6.45) is 2.31. The maximum Gasteiger partial charge on any atom is 0.334 e. The summed E-state index contributed by atoms with van der Waals surface area (Å²) in [5, 5.41) is 0. The Balaban J connectivity index is 2.51. The molecule has 0 amide bonds. The van der Waals surface area contributed by atoms with Crippen LogP contribution in [0.5, 0.6) is 11.5 Å². The third-order valence-electron chi connectivity index (χ3n) is 3.60. The molecule has 1 atom stereocenters. The standard InChI is InChI=1S/C16H18O5/c1-19-14-6-4-5-12(15(14)20-2)11-8-7-10(17)9-13(11)16(18)21-3/h4-6,9,11H,7-8H2,1-3H3. The van der Waals surface area contributed by atoms with Crippen molar-refractivity contribution in [2.75, 3.05) is 21.3 Å². The van der Waals surface area contributed by atoms with Gasteiger partial charge < -0.3 is 14.2 Å². The molecule has 0 radical (unpaired) electrons. The summed E-state index contributed by atoms with van der Waals surface area (Å²) in [5.41, 5.74) is 1.18. The van der Waals surface area contributed by atoms with Crippen molar-refractivity contribution < 1.29 is 23.8 Å². The zero-order valence-electron chi connectivity index (χ0n) is 12.3. The first kappa shape index (κ1) is 15.1. The highest BCUT2D eigenvalue weighted by molar-refractivity contribution is 6.02. The Morgan fingerprint density at radius 2 is 1.95 bits per heavy atom. The lowest BCUT2D eigenvalue weighted by molar-refractivity contribution is -0.137. The van der Waals surface area contributed by atoms with Crippen molar-refractivity contribution in [1.82, 2.24) is 0 Å². The fraction of sp³-hybridized carbons (Fsp3) is 0.375. The molecule has 5 nitrogen and oxygen atoms in total. The maximum atomic E-state index is 11.9. The molecule has 112 valence electrons. The summed E-state index contributed by atoms with van der Waals surface area (Å²) in [5.74, 6) is 0.386. The molecule has 21 heavy (non-hydrogen) atoms. The van der Waals surface area contributed by atoms with Gasteiger partial charge in [-0.15, -0.1) is 0 Å². The summed E-state index contributed by atoms with van der Waals surface area (Å²) in [4.78, 5) is 23.5. The van der Waals surface area contributed by atoms with Gasteiger partial charge in [0.2, 0.25) is 0 Å². The molecular formula is C16H18O5. The number of rotatable bonds is 4. The Bertz CT molecular complexity index is 588. The molecule has 0 saturated carbocycles. The second-order valence-electron chi connectivity index (χ2n) is 4.73. The molecular weight excluding hydrogens is 272 g/mol. The van der Waals surface area contributed by atoms with Crippen LogP contribution in [0, 0.1) is 0 Å². The SMILES string of the molecule is COC(=O)C1=CC(=O)CCC1c1cccc(OC)c1OC. The minimum atomic E-state index is -0.488. The Hall–Kier alpha value is -2.30. The molecule has 0 spiro atoms. The summed E-state index contributed by atoms with van der Waals surface area (Å²) in [6.45, 7) is 0. The van der Waals surface area contributed by atoms with E-state index in [0.29, 0.717) is 29.9 Å². The molecule has 0 heterocycles. The molecule has 1 unspecified atom stereocenters. The number of methoxy groups -OCH3 is 3. The van der Waals surface area contributed by atoms with Crippen molar-refractivity contribution >= 4 is 11.8 Å². The van der Waals surface area contributed by atoms with E-state index in [2.05, 4.69) is 0 Å². The number of ether oxygens (including phenoxy) is 3. The monoisotopic (exact) mass is 290 g/mol. The number of esters is 1. The number of allylic oxidation sites excluding steroid dienone is 1. The molecule has 0 fully saturated rings. The third kappa shape index (κ3) is 2.91. The molecule has 0 aromatic heterocycles. The first-order valence-corrected chi connectivity index (χ1v) is 6.66.